The molecule has 0 aliphatic rings. The van der Waals surface area contributed by atoms with Crippen LogP contribution in [0.5, 0.6) is 5.75 Å². The molecule has 1 rings (SSSR count). The quantitative estimate of drug-likeness (QED) is 0.751. The van der Waals surface area contributed by atoms with Crippen LogP contribution in [0.1, 0.15) is 15.9 Å². The third kappa shape index (κ3) is 2.88. The number of halogens is 3. The lowest BCUT2D eigenvalue weighted by Gasteiger charge is -2.09. The van der Waals surface area contributed by atoms with Crippen LogP contribution < -0.4 is 4.74 Å². The number of methoxy groups -OCH3 is 1. The normalized spacial score (nSPS) is 10.3. The first kappa shape index (κ1) is 12.4. The Morgan fingerprint density at radius 3 is 2.62 bits per heavy atom. The van der Waals surface area contributed by atoms with Crippen molar-refractivity contribution in [3.05, 3.63) is 29.3 Å². The van der Waals surface area contributed by atoms with Crippen LogP contribution in [-0.4, -0.2) is 19.7 Å². The molecule has 0 radical (unpaired) electrons. The second kappa shape index (κ2) is 5.39. The molecule has 0 spiro atoms. The number of ether oxygens (including phenoxy) is 2. The molecule has 1 aromatic carbocycles. The molecule has 6 heteroatoms. The zero-order valence-corrected chi connectivity index (χ0v) is 8.38. The van der Waals surface area contributed by atoms with E-state index >= 15 is 0 Å². The third-order valence-corrected chi connectivity index (χ3v) is 1.85. The Hall–Kier alpha value is -1.72. The van der Waals surface area contributed by atoms with Gasteiger partial charge in [-0.3, -0.25) is 0 Å². The lowest BCUT2D eigenvalue weighted by molar-refractivity contribution is -0.0507. The average molecular weight is 234 g/mol. The molecule has 1 aromatic rings. The first-order chi connectivity index (χ1) is 7.58. The van der Waals surface area contributed by atoms with Crippen LogP contribution in [0.25, 0.3) is 0 Å². The molecule has 0 amide bonds. The van der Waals surface area contributed by atoms with Crippen LogP contribution in [0.4, 0.5) is 13.2 Å². The molecular weight excluding hydrogens is 225 g/mol. The predicted molar refractivity (Wildman–Crippen MR) is 49.2 cm³/mol. The van der Waals surface area contributed by atoms with E-state index in [2.05, 4.69) is 9.47 Å². The molecular formula is C10H9F3O3. The minimum absolute atomic E-state index is 0.0235. The molecule has 0 heterocycles. The predicted octanol–water partition coefficient (Wildman–Crippen LogP) is 2.54. The van der Waals surface area contributed by atoms with Gasteiger partial charge in [0.05, 0.1) is 12.7 Å². The smallest absolute Gasteiger partial charge is 0.387 e. The Morgan fingerprint density at radius 2 is 2.12 bits per heavy atom. The average Bonchev–Trinajstić information content (AvgIpc) is 2.27. The van der Waals surface area contributed by atoms with Crippen molar-refractivity contribution in [2.45, 2.75) is 13.3 Å². The monoisotopic (exact) mass is 234 g/mol. The van der Waals surface area contributed by atoms with Crippen molar-refractivity contribution in [2.75, 3.05) is 7.11 Å². The van der Waals surface area contributed by atoms with Gasteiger partial charge in [-0.25, -0.2) is 9.18 Å². The Labute approximate surface area is 89.8 Å². The van der Waals surface area contributed by atoms with Gasteiger partial charge in [-0.1, -0.05) is 6.07 Å². The number of hydrogen-bond acceptors (Lipinski definition) is 3. The van der Waals surface area contributed by atoms with E-state index < -0.39 is 19.3 Å². The summed E-state index contributed by atoms with van der Waals surface area (Å²) in [6.07, 6.45) is 0. The van der Waals surface area contributed by atoms with Crippen LogP contribution in [0.15, 0.2) is 18.2 Å². The highest BCUT2D eigenvalue weighted by atomic mass is 19.3. The fraction of sp³-hybridized carbons (Fsp3) is 0.300. The fourth-order valence-electron chi connectivity index (χ4n) is 1.12. The lowest BCUT2D eigenvalue weighted by atomic mass is 10.1. The Balaban J connectivity index is 3.05. The van der Waals surface area contributed by atoms with Crippen LogP contribution in [-0.2, 0) is 11.4 Å². The molecule has 0 fully saturated rings. The maximum atomic E-state index is 12.4. The van der Waals surface area contributed by atoms with Crippen LogP contribution in [0.2, 0.25) is 0 Å². The lowest BCUT2D eigenvalue weighted by Crippen LogP contribution is -2.07. The SMILES string of the molecule is COC(=O)c1ccc(CF)c(OC(F)F)c1. The summed E-state index contributed by atoms with van der Waals surface area (Å²) in [5.74, 6) is -1.06. The van der Waals surface area contributed by atoms with E-state index in [9.17, 15) is 18.0 Å². The molecule has 16 heavy (non-hydrogen) atoms. The second-order valence-electron chi connectivity index (χ2n) is 2.83. The van der Waals surface area contributed by atoms with Crippen molar-refractivity contribution in [3.8, 4) is 5.75 Å². The van der Waals surface area contributed by atoms with Crippen molar-refractivity contribution in [1.29, 1.82) is 0 Å². The van der Waals surface area contributed by atoms with E-state index in [0.717, 1.165) is 13.2 Å². The largest absolute Gasteiger partial charge is 0.465 e. The van der Waals surface area contributed by atoms with Crippen LogP contribution >= 0.6 is 0 Å². The molecule has 3 nitrogen and oxygen atoms in total. The highest BCUT2D eigenvalue weighted by Gasteiger charge is 2.13. The molecule has 0 saturated carbocycles. The second-order valence-corrected chi connectivity index (χ2v) is 2.83. The summed E-state index contributed by atoms with van der Waals surface area (Å²) >= 11 is 0. The first-order valence-corrected chi connectivity index (χ1v) is 4.30. The Kier molecular flexibility index (Phi) is 4.16. The van der Waals surface area contributed by atoms with Crippen molar-refractivity contribution in [3.63, 3.8) is 0 Å². The summed E-state index contributed by atoms with van der Waals surface area (Å²) in [6.45, 7) is -4.03. The number of rotatable bonds is 4. The van der Waals surface area contributed by atoms with E-state index in [4.69, 9.17) is 0 Å². The van der Waals surface area contributed by atoms with Gasteiger partial charge in [0.2, 0.25) is 0 Å². The fourth-order valence-corrected chi connectivity index (χ4v) is 1.12. The zero-order chi connectivity index (χ0) is 12.1. The Bertz CT molecular complexity index is 380. The van der Waals surface area contributed by atoms with Gasteiger partial charge in [-0.2, -0.15) is 8.78 Å². The summed E-state index contributed by atoms with van der Waals surface area (Å²) in [4.78, 5) is 11.1. The molecule has 0 bridgehead atoms. The van der Waals surface area contributed by atoms with Crippen LogP contribution in [0.3, 0.4) is 0 Å². The zero-order valence-electron chi connectivity index (χ0n) is 8.38. The summed E-state index contributed by atoms with van der Waals surface area (Å²) in [6, 6.07) is 3.50. The van der Waals surface area contributed by atoms with Gasteiger partial charge < -0.3 is 9.47 Å². The molecule has 0 N–H and O–H groups in total. The van der Waals surface area contributed by atoms with Crippen LogP contribution in [0, 0.1) is 0 Å². The van der Waals surface area contributed by atoms with Crippen molar-refractivity contribution in [1.82, 2.24) is 0 Å². The van der Waals surface area contributed by atoms with Gasteiger partial charge in [0.25, 0.3) is 0 Å². The van der Waals surface area contributed by atoms with E-state index in [-0.39, 0.29) is 16.9 Å². The maximum absolute atomic E-state index is 12.4. The maximum Gasteiger partial charge on any atom is 0.387 e. The molecule has 0 aliphatic carbocycles. The number of hydrogen-bond donors (Lipinski definition) is 0. The molecule has 88 valence electrons. The van der Waals surface area contributed by atoms with Gasteiger partial charge >= 0.3 is 12.6 Å². The summed E-state index contributed by atoms with van der Waals surface area (Å²) in [7, 11) is 1.15. The third-order valence-electron chi connectivity index (χ3n) is 1.85. The van der Waals surface area contributed by atoms with Gasteiger partial charge in [0.15, 0.2) is 0 Å². The van der Waals surface area contributed by atoms with Crippen molar-refractivity contribution < 1.29 is 27.4 Å². The molecule has 0 aliphatic heterocycles. The number of carbonyl (C=O) groups is 1. The van der Waals surface area contributed by atoms with Gasteiger partial charge in [0.1, 0.15) is 12.4 Å². The minimum atomic E-state index is -3.07. The van der Waals surface area contributed by atoms with E-state index in [1.54, 1.807) is 0 Å². The number of esters is 1. The number of carbonyl (C=O) groups excluding carboxylic acids is 1. The first-order valence-electron chi connectivity index (χ1n) is 4.30. The van der Waals surface area contributed by atoms with Gasteiger partial charge in [-0.05, 0) is 12.1 Å². The number of alkyl halides is 3. The molecule has 0 saturated heterocycles. The van der Waals surface area contributed by atoms with Gasteiger partial charge in [0, 0.05) is 5.56 Å². The molecule has 0 aromatic heterocycles. The molecule has 0 atom stereocenters. The topological polar surface area (TPSA) is 35.5 Å². The summed E-state index contributed by atoms with van der Waals surface area (Å²) in [5.41, 5.74) is -0.0247. The standard InChI is InChI=1S/C10H9F3O3/c1-15-9(14)6-2-3-7(5-11)8(4-6)16-10(12)13/h2-4,10H,5H2,1H3. The highest BCUT2D eigenvalue weighted by Crippen LogP contribution is 2.23. The van der Waals surface area contributed by atoms with E-state index in [1.165, 1.54) is 12.1 Å². The number of benzene rings is 1. The minimum Gasteiger partial charge on any atom is -0.465 e. The van der Waals surface area contributed by atoms with Crippen molar-refractivity contribution in [2.24, 2.45) is 0 Å². The van der Waals surface area contributed by atoms with E-state index in [0.29, 0.717) is 0 Å². The Morgan fingerprint density at radius 1 is 1.44 bits per heavy atom. The van der Waals surface area contributed by atoms with Crippen molar-refractivity contribution >= 4 is 5.97 Å². The molecule has 0 unspecified atom stereocenters. The summed E-state index contributed by atoms with van der Waals surface area (Å²) < 4.78 is 44.9. The summed E-state index contributed by atoms with van der Waals surface area (Å²) in [5, 5.41) is 0. The highest BCUT2D eigenvalue weighted by molar-refractivity contribution is 5.89. The van der Waals surface area contributed by atoms with E-state index in [1.807, 2.05) is 0 Å². The van der Waals surface area contributed by atoms with Gasteiger partial charge in [-0.15, -0.1) is 0 Å².